The van der Waals surface area contributed by atoms with E-state index >= 15 is 0 Å². The summed E-state index contributed by atoms with van der Waals surface area (Å²) in [5, 5.41) is 30.2. The Kier molecular flexibility index (Phi) is 7.37. The summed E-state index contributed by atoms with van der Waals surface area (Å²) >= 11 is 0. The van der Waals surface area contributed by atoms with Gasteiger partial charge < -0.3 is 15.3 Å². The fraction of sp³-hybridized carbons (Fsp3) is 0.778. The third-order valence-electron chi connectivity index (χ3n) is 8.44. The first-order valence-electron chi connectivity index (χ1n) is 12.2. The maximum Gasteiger partial charge on any atom is 0.0811 e. The number of aliphatic hydroxyl groups is 3. The topological polar surface area (TPSA) is 60.7 Å². The highest BCUT2D eigenvalue weighted by atomic mass is 16.3. The molecule has 0 saturated heterocycles. The van der Waals surface area contributed by atoms with Gasteiger partial charge in [0.2, 0.25) is 0 Å². The van der Waals surface area contributed by atoms with Gasteiger partial charge in [0.1, 0.15) is 0 Å². The first-order chi connectivity index (χ1) is 14.0. The average molecular weight is 417 g/mol. The molecular formula is C27H44O3. The predicted octanol–water partition coefficient (Wildman–Crippen LogP) is 5.70. The molecule has 3 aliphatic carbocycles. The summed E-state index contributed by atoms with van der Waals surface area (Å²) in [6.45, 7) is 12.8. The molecule has 0 aromatic heterocycles. The van der Waals surface area contributed by atoms with E-state index in [1.54, 1.807) is 5.57 Å². The van der Waals surface area contributed by atoms with Crippen molar-refractivity contribution < 1.29 is 15.3 Å². The van der Waals surface area contributed by atoms with Gasteiger partial charge in [0, 0.05) is 6.42 Å². The first-order valence-corrected chi connectivity index (χ1v) is 12.2. The summed E-state index contributed by atoms with van der Waals surface area (Å²) in [4.78, 5) is 0. The number of hydrogen-bond acceptors (Lipinski definition) is 3. The number of fused-ring (bicyclic) bond motifs is 1. The summed E-state index contributed by atoms with van der Waals surface area (Å²) in [5.41, 5.74) is 3.17. The van der Waals surface area contributed by atoms with E-state index in [0.717, 1.165) is 29.9 Å². The lowest BCUT2D eigenvalue weighted by atomic mass is 9.60. The Morgan fingerprint density at radius 3 is 2.67 bits per heavy atom. The van der Waals surface area contributed by atoms with Gasteiger partial charge in [0.15, 0.2) is 0 Å². The molecule has 0 spiro atoms. The second-order valence-electron chi connectivity index (χ2n) is 11.3. The normalized spacial score (nSPS) is 38.8. The second-order valence-corrected chi connectivity index (χ2v) is 11.3. The lowest BCUT2D eigenvalue weighted by Crippen LogP contribution is -2.36. The maximum absolute atomic E-state index is 10.1. The zero-order valence-electron chi connectivity index (χ0n) is 19.7. The molecule has 0 aromatic rings. The molecule has 30 heavy (non-hydrogen) atoms. The Labute approximate surface area is 184 Å². The van der Waals surface area contributed by atoms with Crippen molar-refractivity contribution in [1.29, 1.82) is 0 Å². The molecule has 0 heterocycles. The van der Waals surface area contributed by atoms with Crippen molar-refractivity contribution in [3.05, 3.63) is 35.5 Å². The molecular weight excluding hydrogens is 372 g/mol. The monoisotopic (exact) mass is 416 g/mol. The lowest BCUT2D eigenvalue weighted by molar-refractivity contribution is 0.0596. The highest BCUT2D eigenvalue weighted by Gasteiger charge is 2.50. The number of allylic oxidation sites excluding steroid dienone is 3. The highest BCUT2D eigenvalue weighted by molar-refractivity contribution is 5.38. The molecule has 6 atom stereocenters. The van der Waals surface area contributed by atoms with Crippen LogP contribution in [-0.2, 0) is 0 Å². The van der Waals surface area contributed by atoms with E-state index in [1.807, 2.05) is 13.8 Å². The first kappa shape index (κ1) is 23.8. The number of hydrogen-bond donors (Lipinski definition) is 3. The van der Waals surface area contributed by atoms with E-state index in [-0.39, 0.29) is 0 Å². The Morgan fingerprint density at radius 1 is 1.23 bits per heavy atom. The Bertz CT molecular complexity index is 683. The third kappa shape index (κ3) is 5.29. The maximum atomic E-state index is 10.1. The van der Waals surface area contributed by atoms with Crippen molar-refractivity contribution >= 4 is 0 Å². The van der Waals surface area contributed by atoms with Crippen LogP contribution < -0.4 is 0 Å². The Hall–Kier alpha value is -0.900. The largest absolute Gasteiger partial charge is 0.393 e. The molecule has 0 aliphatic heterocycles. The van der Waals surface area contributed by atoms with Crippen LogP contribution in [0.25, 0.3) is 0 Å². The molecule has 3 nitrogen and oxygen atoms in total. The Balaban J connectivity index is 1.70. The standard InChI is InChI=1S/C27H44O3/c1-18(8-6-14-26(3,4)30)23-12-13-24-20(9-7-15-27(23,24)5)10-11-21-16-22(28)17-25(29)19(21)2/h10-11,18,22-25,28-30H,2,6-9,12-17H2,1,3-5H3/b20-10+,21-11-/t18-,22+,23?,24?,25?,27?/m0/s1. The van der Waals surface area contributed by atoms with Crippen molar-refractivity contribution in [2.24, 2.45) is 23.2 Å². The molecule has 0 aromatic carbocycles. The predicted molar refractivity (Wildman–Crippen MR) is 124 cm³/mol. The quantitative estimate of drug-likeness (QED) is 0.520. The van der Waals surface area contributed by atoms with Gasteiger partial charge in [0.25, 0.3) is 0 Å². The fourth-order valence-electron chi connectivity index (χ4n) is 6.74. The van der Waals surface area contributed by atoms with Gasteiger partial charge in [-0.25, -0.2) is 0 Å². The molecule has 3 rings (SSSR count). The molecule has 0 radical (unpaired) electrons. The molecule has 3 aliphatic rings. The minimum Gasteiger partial charge on any atom is -0.393 e. The van der Waals surface area contributed by atoms with Crippen molar-refractivity contribution in [3.63, 3.8) is 0 Å². The van der Waals surface area contributed by atoms with E-state index in [1.165, 1.54) is 38.5 Å². The van der Waals surface area contributed by atoms with Crippen LogP contribution in [0, 0.1) is 23.2 Å². The fourth-order valence-corrected chi connectivity index (χ4v) is 6.74. The zero-order chi connectivity index (χ0) is 22.1. The molecule has 3 N–H and O–H groups in total. The van der Waals surface area contributed by atoms with Crippen LogP contribution in [0.15, 0.2) is 35.5 Å². The van der Waals surface area contributed by atoms with E-state index in [4.69, 9.17) is 0 Å². The van der Waals surface area contributed by atoms with Crippen LogP contribution in [0.1, 0.15) is 91.9 Å². The Morgan fingerprint density at radius 2 is 1.97 bits per heavy atom. The molecule has 0 bridgehead atoms. The van der Waals surface area contributed by atoms with Gasteiger partial charge in [-0.1, -0.05) is 51.0 Å². The summed E-state index contributed by atoms with van der Waals surface area (Å²) in [6.07, 6.45) is 13.9. The number of aliphatic hydroxyl groups excluding tert-OH is 2. The minimum atomic E-state index is -0.615. The van der Waals surface area contributed by atoms with Crippen LogP contribution in [0.4, 0.5) is 0 Å². The SMILES string of the molecule is C=C1/C(=C\C=C2/CCCC3(C)C2CCC3[C@@H](C)CCCC(C)(C)O)C[C@@H](O)CC1O. The summed E-state index contributed by atoms with van der Waals surface area (Å²) < 4.78 is 0. The smallest absolute Gasteiger partial charge is 0.0811 e. The van der Waals surface area contributed by atoms with Gasteiger partial charge in [-0.05, 0) is 93.1 Å². The van der Waals surface area contributed by atoms with E-state index < -0.39 is 17.8 Å². The van der Waals surface area contributed by atoms with E-state index in [9.17, 15) is 15.3 Å². The van der Waals surface area contributed by atoms with Gasteiger partial charge >= 0.3 is 0 Å². The summed E-state index contributed by atoms with van der Waals surface area (Å²) in [5.74, 6) is 2.11. The van der Waals surface area contributed by atoms with Crippen LogP contribution in [0.5, 0.6) is 0 Å². The summed E-state index contributed by atoms with van der Waals surface area (Å²) in [7, 11) is 0. The van der Waals surface area contributed by atoms with Gasteiger partial charge in [-0.15, -0.1) is 0 Å². The zero-order valence-corrected chi connectivity index (χ0v) is 19.7. The lowest BCUT2D eigenvalue weighted by Gasteiger charge is -2.44. The van der Waals surface area contributed by atoms with Crippen molar-refractivity contribution in [3.8, 4) is 0 Å². The van der Waals surface area contributed by atoms with Crippen LogP contribution in [0.2, 0.25) is 0 Å². The highest BCUT2D eigenvalue weighted by Crippen LogP contribution is 2.60. The molecule has 3 saturated carbocycles. The van der Waals surface area contributed by atoms with Crippen molar-refractivity contribution in [2.75, 3.05) is 0 Å². The average Bonchev–Trinajstić information content (AvgIpc) is 3.00. The van der Waals surface area contributed by atoms with Gasteiger partial charge in [0.05, 0.1) is 17.8 Å². The van der Waals surface area contributed by atoms with Crippen LogP contribution >= 0.6 is 0 Å². The second kappa shape index (κ2) is 9.30. The molecule has 3 heteroatoms. The van der Waals surface area contributed by atoms with Gasteiger partial charge in [-0.2, -0.15) is 0 Å². The number of rotatable bonds is 6. The molecule has 3 fully saturated rings. The van der Waals surface area contributed by atoms with Crippen molar-refractivity contribution in [1.82, 2.24) is 0 Å². The van der Waals surface area contributed by atoms with Crippen LogP contribution in [0.3, 0.4) is 0 Å². The molecule has 170 valence electrons. The van der Waals surface area contributed by atoms with Gasteiger partial charge in [-0.3, -0.25) is 0 Å². The van der Waals surface area contributed by atoms with Crippen LogP contribution in [-0.4, -0.2) is 33.1 Å². The third-order valence-corrected chi connectivity index (χ3v) is 8.44. The van der Waals surface area contributed by atoms with Crippen molar-refractivity contribution in [2.45, 2.75) is 110 Å². The minimum absolute atomic E-state index is 0.374. The molecule has 4 unspecified atom stereocenters. The molecule has 0 amide bonds. The van der Waals surface area contributed by atoms with E-state index in [2.05, 4.69) is 32.6 Å². The summed E-state index contributed by atoms with van der Waals surface area (Å²) in [6, 6.07) is 0. The van der Waals surface area contributed by atoms with E-state index in [0.29, 0.717) is 30.1 Å².